The third-order valence-electron chi connectivity index (χ3n) is 10.1. The Morgan fingerprint density at radius 1 is 0.776 bits per heavy atom. The van der Waals surface area contributed by atoms with Gasteiger partial charge in [0.15, 0.2) is 6.29 Å². The van der Waals surface area contributed by atoms with Gasteiger partial charge in [-0.25, -0.2) is 16.8 Å². The number of nitrogens with zero attached hydrogens (tertiary/aromatic N) is 3. The Bertz CT molecular complexity index is 2380. The van der Waals surface area contributed by atoms with Crippen LogP contribution in [-0.2, 0) is 34.3 Å². The summed E-state index contributed by atoms with van der Waals surface area (Å²) in [4.78, 5) is 9.11. The Balaban J connectivity index is 1.61. The van der Waals surface area contributed by atoms with Crippen molar-refractivity contribution in [2.75, 3.05) is 39.9 Å². The highest BCUT2D eigenvalue weighted by Gasteiger charge is 2.95. The van der Waals surface area contributed by atoms with Crippen LogP contribution in [0.5, 0.6) is 0 Å². The summed E-state index contributed by atoms with van der Waals surface area (Å²) in [5.41, 5.74) is -0.327. The molecule has 0 fully saturated rings. The molecule has 67 heavy (non-hydrogen) atoms. The number of sulfonamides is 2. The van der Waals surface area contributed by atoms with E-state index in [2.05, 4.69) is 0 Å². The summed E-state index contributed by atoms with van der Waals surface area (Å²) in [6.45, 7) is -3.16. The van der Waals surface area contributed by atoms with Crippen molar-refractivity contribution in [2.24, 2.45) is 0 Å². The van der Waals surface area contributed by atoms with E-state index in [0.717, 1.165) is 66.0 Å². The van der Waals surface area contributed by atoms with Crippen LogP contribution < -0.4 is 0 Å². The second-order valence-corrected chi connectivity index (χ2v) is 18.6. The van der Waals surface area contributed by atoms with Crippen LogP contribution in [0, 0.1) is 17.0 Å². The summed E-state index contributed by atoms with van der Waals surface area (Å²) in [7, 11) is -8.55. The van der Waals surface area contributed by atoms with E-state index < -0.39 is 134 Å². The molecular formula is C36H34F17N3O9S2. The Kier molecular flexibility index (Phi) is 15.7. The maximum Gasteiger partial charge on any atom is 0.460 e. The first-order valence-corrected chi connectivity index (χ1v) is 21.4. The number of hydrogen-bond donors (Lipinski definition) is 0. The summed E-state index contributed by atoms with van der Waals surface area (Å²) in [6.07, 6.45) is -11.0. The Morgan fingerprint density at radius 3 is 1.79 bits per heavy atom. The van der Waals surface area contributed by atoms with Gasteiger partial charge in [-0.15, -0.1) is 0 Å². The van der Waals surface area contributed by atoms with E-state index in [-0.39, 0.29) is 27.7 Å². The van der Waals surface area contributed by atoms with Gasteiger partial charge >= 0.3 is 47.6 Å². The van der Waals surface area contributed by atoms with Crippen molar-refractivity contribution in [1.29, 1.82) is 0 Å². The molecule has 0 saturated carbocycles. The molecule has 2 aromatic carbocycles. The fourth-order valence-corrected chi connectivity index (χ4v) is 9.14. The minimum absolute atomic E-state index is 0.114. The van der Waals surface area contributed by atoms with Gasteiger partial charge in [0, 0.05) is 51.8 Å². The number of rotatable bonds is 20. The number of halogens is 17. The zero-order valence-corrected chi connectivity index (χ0v) is 35.4. The lowest BCUT2D eigenvalue weighted by atomic mass is 9.88. The van der Waals surface area contributed by atoms with Crippen molar-refractivity contribution in [3.05, 3.63) is 88.0 Å². The molecular weight excluding hydrogens is 1010 g/mol. The van der Waals surface area contributed by atoms with Crippen LogP contribution in [0.2, 0.25) is 0 Å². The van der Waals surface area contributed by atoms with Crippen LogP contribution in [0.1, 0.15) is 18.4 Å². The first-order valence-electron chi connectivity index (χ1n) is 18.5. The average Bonchev–Trinajstić information content (AvgIpc) is 3.56. The van der Waals surface area contributed by atoms with Crippen LogP contribution in [0.3, 0.4) is 0 Å². The summed E-state index contributed by atoms with van der Waals surface area (Å²) in [6, 6.07) is 7.75. The summed E-state index contributed by atoms with van der Waals surface area (Å²) in [5, 5.41) is 11.0. The highest BCUT2D eigenvalue weighted by Crippen LogP contribution is 2.64. The third-order valence-corrected chi connectivity index (χ3v) is 13.9. The molecule has 2 aromatic rings. The molecule has 0 bridgehead atoms. The highest BCUT2D eigenvalue weighted by molar-refractivity contribution is 7.89. The van der Waals surface area contributed by atoms with Crippen LogP contribution in [0.4, 0.5) is 80.3 Å². The highest BCUT2D eigenvalue weighted by atomic mass is 32.2. The number of nitro benzene ring substituents is 1. The van der Waals surface area contributed by atoms with E-state index in [1.165, 1.54) is 19.1 Å². The molecule has 0 saturated heterocycles. The van der Waals surface area contributed by atoms with E-state index in [9.17, 15) is 92.8 Å². The number of non-ortho nitro benzene ring substituents is 1. The number of ether oxygens (including phenoxy) is 3. The van der Waals surface area contributed by atoms with Crippen LogP contribution in [0.25, 0.3) is 0 Å². The van der Waals surface area contributed by atoms with E-state index in [1.807, 2.05) is 0 Å². The largest absolute Gasteiger partial charge is 0.460 e. The molecule has 2 aliphatic heterocycles. The zero-order valence-electron chi connectivity index (χ0n) is 33.8. The predicted octanol–water partition coefficient (Wildman–Crippen LogP) is 8.63. The van der Waals surface area contributed by atoms with E-state index in [4.69, 9.17) is 14.2 Å². The monoisotopic (exact) mass is 1040 g/mol. The average molecular weight is 1040 g/mol. The van der Waals surface area contributed by atoms with Crippen molar-refractivity contribution in [3.63, 3.8) is 0 Å². The third kappa shape index (κ3) is 10.3. The summed E-state index contributed by atoms with van der Waals surface area (Å²) < 4.78 is 309. The lowest BCUT2D eigenvalue weighted by Crippen LogP contribution is -2.74. The van der Waals surface area contributed by atoms with Crippen LogP contribution in [0.15, 0.2) is 82.1 Å². The maximum absolute atomic E-state index is 15.1. The minimum Gasteiger partial charge on any atom is -0.364 e. The van der Waals surface area contributed by atoms with Crippen LogP contribution in [-0.4, -0.2) is 136 Å². The Morgan fingerprint density at radius 2 is 1.28 bits per heavy atom. The van der Waals surface area contributed by atoms with Crippen LogP contribution >= 0.6 is 0 Å². The normalized spacial score (nSPS) is 19.7. The van der Waals surface area contributed by atoms with Gasteiger partial charge in [0.1, 0.15) is 6.10 Å². The van der Waals surface area contributed by atoms with Gasteiger partial charge < -0.3 is 14.2 Å². The van der Waals surface area contributed by atoms with Gasteiger partial charge in [0.05, 0.1) is 27.4 Å². The van der Waals surface area contributed by atoms with Gasteiger partial charge in [-0.3, -0.25) is 10.1 Å². The SMILES string of the molecule is CO[C@@H](O[C@H]1C=CCCN(S(=O)(=O)c2ccc([N+](=O)[O-])cc2)C1)[C@H]1C=C(CN(CCC(F)(F)C(F)(F)C(F)(F)C(F)(F)C(F)(F)C(F)(F)C(F)(F)C(F)(F)F)S(=O)(=O)c2ccc(C)cc2)CO1. The molecule has 3 atom stereocenters. The standard InChI is InChI=1S/C36H34F17N3O9S2/c1-21-6-10-25(11-7-21)67(61,62)55(16-14-29(37,38)30(39,40)31(41,42)32(43,44)33(45,46)34(47,48)35(49,50)36(51,52)53)18-22-17-27(64-20-22)28(63-2)65-24-5-3-4-15-54(19-24)66(59,60)26-12-8-23(9-13-26)56(57)58/h3,5-13,17,24,27-28H,4,14-16,18-20H2,1-2H3/t24-,27+,28-/m0/s1. The quantitative estimate of drug-likeness (QED) is 0.0419. The van der Waals surface area contributed by atoms with Crippen molar-refractivity contribution in [2.45, 2.75) is 95.7 Å². The fourth-order valence-electron chi connectivity index (χ4n) is 6.23. The Labute approximate surface area is 368 Å². The second-order valence-electron chi connectivity index (χ2n) is 14.8. The van der Waals surface area contributed by atoms with Gasteiger partial charge in [-0.1, -0.05) is 29.8 Å². The lowest BCUT2D eigenvalue weighted by Gasteiger charge is -2.43. The topological polar surface area (TPSA) is 146 Å². The molecule has 0 spiro atoms. The van der Waals surface area contributed by atoms with Crippen molar-refractivity contribution < 1.29 is 111 Å². The maximum atomic E-state index is 15.1. The van der Waals surface area contributed by atoms with Gasteiger partial charge in [-0.05, 0) is 49.3 Å². The van der Waals surface area contributed by atoms with Gasteiger partial charge in [0.2, 0.25) is 20.0 Å². The molecule has 4 rings (SSSR count). The molecule has 0 radical (unpaired) electrons. The van der Waals surface area contributed by atoms with E-state index in [0.29, 0.717) is 5.56 Å². The molecule has 0 unspecified atom stereocenters. The fraction of sp³-hybridized carbons (Fsp3) is 0.556. The molecule has 378 valence electrons. The van der Waals surface area contributed by atoms with E-state index >= 15 is 8.78 Å². The molecule has 31 heteroatoms. The molecule has 2 heterocycles. The first-order chi connectivity index (χ1) is 30.3. The number of methoxy groups -OCH3 is 1. The molecule has 0 amide bonds. The molecule has 0 aromatic heterocycles. The summed E-state index contributed by atoms with van der Waals surface area (Å²) >= 11 is 0. The number of benzene rings is 2. The molecule has 0 aliphatic carbocycles. The predicted molar refractivity (Wildman–Crippen MR) is 194 cm³/mol. The summed E-state index contributed by atoms with van der Waals surface area (Å²) in [5.74, 6) is -58.2. The lowest BCUT2D eigenvalue weighted by molar-refractivity contribution is -0.461. The molecule has 12 nitrogen and oxygen atoms in total. The number of nitro groups is 1. The Hall–Kier alpha value is -4.17. The van der Waals surface area contributed by atoms with Crippen molar-refractivity contribution in [1.82, 2.24) is 8.61 Å². The zero-order chi connectivity index (χ0) is 51.2. The smallest absolute Gasteiger partial charge is 0.364 e. The first kappa shape index (κ1) is 55.4. The molecule has 0 N–H and O–H groups in total. The molecule has 2 aliphatic rings. The van der Waals surface area contributed by atoms with Crippen molar-refractivity contribution >= 4 is 25.7 Å². The van der Waals surface area contributed by atoms with Gasteiger partial charge in [-0.2, -0.15) is 83.2 Å². The minimum atomic E-state index is -8.84. The van der Waals surface area contributed by atoms with Crippen molar-refractivity contribution in [3.8, 4) is 0 Å². The number of aryl methyl sites for hydroxylation is 1. The van der Waals surface area contributed by atoms with E-state index in [1.54, 1.807) is 0 Å². The number of alkyl halides is 17. The second kappa shape index (κ2) is 19.0. The number of hydrogen-bond acceptors (Lipinski definition) is 9. The van der Waals surface area contributed by atoms with Gasteiger partial charge in [0.25, 0.3) is 5.69 Å².